The summed E-state index contributed by atoms with van der Waals surface area (Å²) in [5.41, 5.74) is 2.50. The number of pyridine rings is 1. The van der Waals surface area contributed by atoms with Gasteiger partial charge in [-0.05, 0) is 31.2 Å². The van der Waals surface area contributed by atoms with Crippen LogP contribution in [0, 0.1) is 0 Å². The van der Waals surface area contributed by atoms with Gasteiger partial charge in [-0.2, -0.15) is 13.2 Å². The van der Waals surface area contributed by atoms with Gasteiger partial charge in [0.1, 0.15) is 35.1 Å². The number of hydrogen-bond acceptors (Lipinski definition) is 9. The van der Waals surface area contributed by atoms with Gasteiger partial charge in [-0.3, -0.25) is 4.79 Å². The minimum absolute atomic E-state index is 0.0604. The standard InChI is InChI=1S/C26H25F3N8O3S/c1-15-12-35(7-8-37(15)20(39)13-36-14-31-18-3-2-6-30-23(18)36)24-21(34-25(41-24)26(27,28)29)22-32-17-5-4-16(40-10-9-38)11-19(17)33-22/h2-6,11,14-15,38H,7-10,12-13H2,1H3,(H,32,33). The number of amides is 1. The Labute approximate surface area is 235 Å². The molecule has 1 atom stereocenters. The Morgan fingerprint density at radius 1 is 1.20 bits per heavy atom. The van der Waals surface area contributed by atoms with Crippen LogP contribution in [-0.4, -0.2) is 84.3 Å². The Hall–Kier alpha value is -4.24. The molecular formula is C26H25F3N8O3S. The Kier molecular flexibility index (Phi) is 6.99. The van der Waals surface area contributed by atoms with Crippen LogP contribution < -0.4 is 9.64 Å². The maximum Gasteiger partial charge on any atom is 0.443 e. The topological polar surface area (TPSA) is 125 Å². The molecule has 5 heterocycles. The van der Waals surface area contributed by atoms with Crippen molar-refractivity contribution in [2.75, 3.05) is 37.7 Å². The largest absolute Gasteiger partial charge is 0.491 e. The van der Waals surface area contributed by atoms with Gasteiger partial charge in [0.2, 0.25) is 10.9 Å². The molecule has 1 unspecified atom stereocenters. The fourth-order valence-corrected chi connectivity index (χ4v) is 5.88. The normalized spacial score (nSPS) is 16.2. The highest BCUT2D eigenvalue weighted by molar-refractivity contribution is 7.16. The molecule has 0 spiro atoms. The molecule has 1 aliphatic rings. The number of hydrogen-bond donors (Lipinski definition) is 2. The molecule has 4 aromatic heterocycles. The number of H-pyrrole nitrogens is 1. The predicted octanol–water partition coefficient (Wildman–Crippen LogP) is 3.56. The van der Waals surface area contributed by atoms with Gasteiger partial charge in [-0.15, -0.1) is 0 Å². The first-order valence-corrected chi connectivity index (χ1v) is 13.6. The Morgan fingerprint density at radius 2 is 2.05 bits per heavy atom. The number of aliphatic hydroxyl groups excluding tert-OH is 1. The van der Waals surface area contributed by atoms with E-state index in [9.17, 15) is 18.0 Å². The zero-order valence-electron chi connectivity index (χ0n) is 21.8. The molecule has 214 valence electrons. The fraction of sp³-hybridized carbons (Fsp3) is 0.346. The van der Waals surface area contributed by atoms with Crippen LogP contribution in [-0.2, 0) is 17.5 Å². The molecule has 1 aromatic carbocycles. The highest BCUT2D eigenvalue weighted by atomic mass is 32.1. The molecule has 1 fully saturated rings. The Bertz CT molecular complexity index is 1720. The summed E-state index contributed by atoms with van der Waals surface area (Å²) < 4.78 is 48.4. The van der Waals surface area contributed by atoms with Crippen molar-refractivity contribution in [3.8, 4) is 17.3 Å². The number of aromatic nitrogens is 6. The first-order valence-electron chi connectivity index (χ1n) is 12.8. The van der Waals surface area contributed by atoms with Crippen LogP contribution in [0.2, 0.25) is 0 Å². The molecule has 0 saturated carbocycles. The summed E-state index contributed by atoms with van der Waals surface area (Å²) in [7, 11) is 0. The number of ether oxygens (including phenoxy) is 1. The molecule has 11 nitrogen and oxygen atoms in total. The second kappa shape index (κ2) is 10.6. The predicted molar refractivity (Wildman–Crippen MR) is 146 cm³/mol. The van der Waals surface area contributed by atoms with Crippen molar-refractivity contribution in [1.29, 1.82) is 0 Å². The van der Waals surface area contributed by atoms with Crippen molar-refractivity contribution >= 4 is 44.4 Å². The first kappa shape index (κ1) is 27.0. The SMILES string of the molecule is CC1CN(c2sc(C(F)(F)F)nc2-c2nc3cc(OCCO)ccc3[nH]2)CCN1C(=O)Cn1cnc2cccnc21. The number of nitrogens with zero attached hydrogens (tertiary/aromatic N) is 7. The van der Waals surface area contributed by atoms with Gasteiger partial charge in [-0.25, -0.2) is 19.9 Å². The second-order valence-electron chi connectivity index (χ2n) is 9.61. The van der Waals surface area contributed by atoms with Gasteiger partial charge in [0.05, 0.1) is 24.0 Å². The maximum absolute atomic E-state index is 13.8. The van der Waals surface area contributed by atoms with Crippen molar-refractivity contribution in [3.05, 3.63) is 47.9 Å². The van der Waals surface area contributed by atoms with Gasteiger partial charge in [0, 0.05) is 37.9 Å². The van der Waals surface area contributed by atoms with Crippen LogP contribution in [0.5, 0.6) is 5.75 Å². The maximum atomic E-state index is 13.8. The molecule has 6 rings (SSSR count). The summed E-state index contributed by atoms with van der Waals surface area (Å²) in [6.45, 7) is 2.85. The van der Waals surface area contributed by atoms with Gasteiger partial charge >= 0.3 is 6.18 Å². The Morgan fingerprint density at radius 3 is 2.83 bits per heavy atom. The lowest BCUT2D eigenvalue weighted by atomic mass is 10.2. The lowest BCUT2D eigenvalue weighted by Crippen LogP contribution is -2.54. The van der Waals surface area contributed by atoms with Gasteiger partial charge in [0.25, 0.3) is 0 Å². The number of nitrogens with one attached hydrogen (secondary N) is 1. The number of anilines is 1. The van der Waals surface area contributed by atoms with E-state index in [1.54, 1.807) is 46.3 Å². The van der Waals surface area contributed by atoms with Crippen molar-refractivity contribution in [1.82, 2.24) is 34.4 Å². The van der Waals surface area contributed by atoms with E-state index in [0.29, 0.717) is 63.9 Å². The molecule has 1 saturated heterocycles. The third-order valence-electron chi connectivity index (χ3n) is 6.81. The number of carbonyl (C=O) groups is 1. The number of halogens is 3. The average molecular weight is 587 g/mol. The zero-order valence-corrected chi connectivity index (χ0v) is 22.6. The monoisotopic (exact) mass is 586 g/mol. The molecule has 0 radical (unpaired) electrons. The lowest BCUT2D eigenvalue weighted by molar-refractivity contribution is -0.137. The zero-order chi connectivity index (χ0) is 28.7. The number of rotatable bonds is 7. The molecule has 5 aromatic rings. The van der Waals surface area contributed by atoms with Crippen molar-refractivity contribution in [2.24, 2.45) is 0 Å². The number of thiazole rings is 1. The van der Waals surface area contributed by atoms with Crippen LogP contribution >= 0.6 is 11.3 Å². The van der Waals surface area contributed by atoms with E-state index in [1.807, 2.05) is 17.9 Å². The second-order valence-corrected chi connectivity index (χ2v) is 10.6. The molecule has 2 N–H and O–H groups in total. The summed E-state index contributed by atoms with van der Waals surface area (Å²) in [5, 5.41) is 8.36. The quantitative estimate of drug-likeness (QED) is 0.297. The van der Waals surface area contributed by atoms with Crippen molar-refractivity contribution in [3.63, 3.8) is 0 Å². The first-order chi connectivity index (χ1) is 19.7. The minimum Gasteiger partial charge on any atom is -0.491 e. The summed E-state index contributed by atoms with van der Waals surface area (Å²) in [5.74, 6) is 0.555. The Balaban J connectivity index is 1.25. The lowest BCUT2D eigenvalue weighted by Gasteiger charge is -2.40. The number of aromatic amines is 1. The van der Waals surface area contributed by atoms with E-state index in [2.05, 4.69) is 24.9 Å². The third kappa shape index (κ3) is 5.29. The highest BCUT2D eigenvalue weighted by Crippen LogP contribution is 2.43. The van der Waals surface area contributed by atoms with Gasteiger partial charge < -0.3 is 29.2 Å². The third-order valence-corrected chi connectivity index (χ3v) is 7.97. The summed E-state index contributed by atoms with van der Waals surface area (Å²) in [4.78, 5) is 36.9. The number of piperazine rings is 1. The number of alkyl halides is 3. The van der Waals surface area contributed by atoms with Crippen LogP contribution in [0.25, 0.3) is 33.7 Å². The van der Waals surface area contributed by atoms with Crippen LogP contribution in [0.3, 0.4) is 0 Å². The molecule has 1 aliphatic heterocycles. The number of carbonyl (C=O) groups excluding carboxylic acids is 1. The molecule has 0 aliphatic carbocycles. The van der Waals surface area contributed by atoms with Gasteiger partial charge in [0.15, 0.2) is 11.5 Å². The van der Waals surface area contributed by atoms with E-state index in [1.165, 1.54) is 0 Å². The van der Waals surface area contributed by atoms with E-state index >= 15 is 0 Å². The minimum atomic E-state index is -4.63. The molecular weight excluding hydrogens is 561 g/mol. The van der Waals surface area contributed by atoms with Gasteiger partial charge in [-0.1, -0.05) is 11.3 Å². The summed E-state index contributed by atoms with van der Waals surface area (Å²) in [6, 6.07) is 8.36. The fourth-order valence-electron chi connectivity index (χ4n) is 4.91. The summed E-state index contributed by atoms with van der Waals surface area (Å²) in [6.07, 6.45) is -1.41. The molecule has 1 amide bonds. The molecule has 0 bridgehead atoms. The van der Waals surface area contributed by atoms with Crippen LogP contribution in [0.15, 0.2) is 42.9 Å². The van der Waals surface area contributed by atoms with Crippen LogP contribution in [0.1, 0.15) is 11.9 Å². The van der Waals surface area contributed by atoms with Crippen molar-refractivity contribution < 1.29 is 27.8 Å². The summed E-state index contributed by atoms with van der Waals surface area (Å²) >= 11 is 0.562. The average Bonchev–Trinajstić information content (AvgIpc) is 3.68. The smallest absolute Gasteiger partial charge is 0.443 e. The molecule has 15 heteroatoms. The molecule has 41 heavy (non-hydrogen) atoms. The number of imidazole rings is 2. The van der Waals surface area contributed by atoms with Crippen LogP contribution in [0.4, 0.5) is 18.2 Å². The van der Waals surface area contributed by atoms with E-state index in [-0.39, 0.29) is 43.2 Å². The number of benzene rings is 1. The number of aliphatic hydroxyl groups is 1. The number of fused-ring (bicyclic) bond motifs is 2. The van der Waals surface area contributed by atoms with E-state index in [0.717, 1.165) is 0 Å². The van der Waals surface area contributed by atoms with E-state index < -0.39 is 11.2 Å². The highest BCUT2D eigenvalue weighted by Gasteiger charge is 2.39. The van der Waals surface area contributed by atoms with Crippen molar-refractivity contribution in [2.45, 2.75) is 25.7 Å². The van der Waals surface area contributed by atoms with E-state index in [4.69, 9.17) is 9.84 Å².